The monoisotopic (exact) mass is 551 g/mol. The van der Waals surface area contributed by atoms with Gasteiger partial charge < -0.3 is 10.1 Å². The Labute approximate surface area is 220 Å². The van der Waals surface area contributed by atoms with E-state index in [4.69, 9.17) is 4.74 Å². The molecule has 4 nitrogen and oxygen atoms in total. The molecule has 0 saturated heterocycles. The molecule has 1 N–H and O–H groups in total. The van der Waals surface area contributed by atoms with Crippen molar-refractivity contribution in [2.24, 2.45) is 10.8 Å². The highest BCUT2D eigenvalue weighted by Gasteiger charge is 2.46. The maximum atomic E-state index is 13.5. The lowest BCUT2D eigenvalue weighted by Crippen LogP contribution is -2.42. The molecular formula is C30H31BrFNO3. The molecule has 2 aromatic carbocycles. The van der Waals surface area contributed by atoms with E-state index >= 15 is 0 Å². The van der Waals surface area contributed by atoms with Gasteiger partial charge in [-0.15, -0.1) is 0 Å². The number of halogens is 2. The van der Waals surface area contributed by atoms with Crippen molar-refractivity contribution in [3.05, 3.63) is 86.4 Å². The number of allylic oxidation sites excluding steroid dienone is 4. The first-order chi connectivity index (χ1) is 16.9. The predicted molar refractivity (Wildman–Crippen MR) is 141 cm³/mol. The van der Waals surface area contributed by atoms with Gasteiger partial charge in [0.1, 0.15) is 18.2 Å². The van der Waals surface area contributed by atoms with Gasteiger partial charge in [-0.05, 0) is 75.0 Å². The van der Waals surface area contributed by atoms with Gasteiger partial charge in [0.25, 0.3) is 0 Å². The van der Waals surface area contributed by atoms with Crippen LogP contribution in [0.3, 0.4) is 0 Å². The highest BCUT2D eigenvalue weighted by Crippen LogP contribution is 2.51. The number of rotatable bonds is 4. The van der Waals surface area contributed by atoms with Gasteiger partial charge in [0, 0.05) is 41.3 Å². The Balaban J connectivity index is 1.52. The molecule has 5 rings (SSSR count). The van der Waals surface area contributed by atoms with E-state index in [-0.39, 0.29) is 34.1 Å². The first kappa shape index (κ1) is 24.9. The zero-order valence-corrected chi connectivity index (χ0v) is 22.7. The first-order valence-electron chi connectivity index (χ1n) is 12.4. The first-order valence-corrected chi connectivity index (χ1v) is 13.2. The second-order valence-corrected chi connectivity index (χ2v) is 12.7. The molecule has 0 spiro atoms. The Morgan fingerprint density at radius 1 is 0.889 bits per heavy atom. The lowest BCUT2D eigenvalue weighted by molar-refractivity contribution is -0.119. The van der Waals surface area contributed by atoms with Crippen LogP contribution in [0.2, 0.25) is 0 Å². The quantitative estimate of drug-likeness (QED) is 0.438. The van der Waals surface area contributed by atoms with Crippen LogP contribution in [0.25, 0.3) is 0 Å². The molecule has 2 aromatic rings. The molecule has 1 aliphatic heterocycles. The number of dihydropyridines is 1. The summed E-state index contributed by atoms with van der Waals surface area (Å²) in [5, 5.41) is 3.55. The van der Waals surface area contributed by atoms with Gasteiger partial charge in [-0.25, -0.2) is 4.39 Å². The van der Waals surface area contributed by atoms with E-state index in [1.807, 2.05) is 18.2 Å². The summed E-state index contributed by atoms with van der Waals surface area (Å²) >= 11 is 3.64. The summed E-state index contributed by atoms with van der Waals surface area (Å²) in [5.41, 5.74) is 4.88. The smallest absolute Gasteiger partial charge is 0.162 e. The molecule has 0 amide bonds. The molecule has 1 heterocycles. The molecule has 0 unspecified atom stereocenters. The number of carbonyl (C=O) groups excluding carboxylic acids is 2. The summed E-state index contributed by atoms with van der Waals surface area (Å²) in [7, 11) is 0. The molecule has 36 heavy (non-hydrogen) atoms. The molecular weight excluding hydrogens is 521 g/mol. The molecule has 0 radical (unpaired) electrons. The summed E-state index contributed by atoms with van der Waals surface area (Å²) in [6.07, 6.45) is 2.48. The van der Waals surface area contributed by atoms with Crippen molar-refractivity contribution in [2.75, 3.05) is 0 Å². The molecule has 3 aliphatic rings. The number of hydrogen-bond acceptors (Lipinski definition) is 4. The number of ether oxygens (including phenoxy) is 1. The lowest BCUT2D eigenvalue weighted by atomic mass is 9.64. The van der Waals surface area contributed by atoms with Crippen LogP contribution in [-0.4, -0.2) is 11.6 Å². The second-order valence-electron chi connectivity index (χ2n) is 11.8. The van der Waals surface area contributed by atoms with Crippen LogP contribution in [0, 0.1) is 16.6 Å². The van der Waals surface area contributed by atoms with Gasteiger partial charge in [-0.2, -0.15) is 0 Å². The van der Waals surface area contributed by atoms with Gasteiger partial charge in [0.05, 0.1) is 4.47 Å². The zero-order chi connectivity index (χ0) is 25.8. The minimum absolute atomic E-state index is 0.107. The Hall–Kier alpha value is -2.73. The third-order valence-corrected chi connectivity index (χ3v) is 7.94. The van der Waals surface area contributed by atoms with Crippen molar-refractivity contribution in [3.8, 4) is 5.75 Å². The maximum Gasteiger partial charge on any atom is 0.162 e. The largest absolute Gasteiger partial charge is 0.488 e. The highest BCUT2D eigenvalue weighted by atomic mass is 79.9. The Bertz CT molecular complexity index is 1270. The molecule has 0 bridgehead atoms. The van der Waals surface area contributed by atoms with E-state index < -0.39 is 0 Å². The number of carbonyl (C=O) groups is 2. The van der Waals surface area contributed by atoms with Crippen LogP contribution in [0.5, 0.6) is 5.75 Å². The second kappa shape index (κ2) is 8.98. The predicted octanol–water partition coefficient (Wildman–Crippen LogP) is 7.14. The van der Waals surface area contributed by atoms with Crippen molar-refractivity contribution < 1.29 is 18.7 Å². The zero-order valence-electron chi connectivity index (χ0n) is 21.1. The number of hydrogen-bond donors (Lipinski definition) is 1. The maximum absolute atomic E-state index is 13.5. The molecule has 188 valence electrons. The van der Waals surface area contributed by atoms with Gasteiger partial charge in [0.2, 0.25) is 0 Å². The number of nitrogens with one attached hydrogen (secondary N) is 1. The average molecular weight is 552 g/mol. The van der Waals surface area contributed by atoms with Crippen LogP contribution < -0.4 is 10.1 Å². The lowest BCUT2D eigenvalue weighted by Gasteiger charge is -2.44. The fourth-order valence-corrected chi connectivity index (χ4v) is 6.29. The minimum Gasteiger partial charge on any atom is -0.488 e. The fraction of sp³-hybridized carbons (Fsp3) is 0.400. The summed E-state index contributed by atoms with van der Waals surface area (Å²) in [4.78, 5) is 27.0. The molecule has 0 atom stereocenters. The summed E-state index contributed by atoms with van der Waals surface area (Å²) in [5.74, 6) is 0.194. The van der Waals surface area contributed by atoms with Gasteiger partial charge in [0.15, 0.2) is 11.6 Å². The van der Waals surface area contributed by atoms with Crippen LogP contribution in [0.4, 0.5) is 4.39 Å². The van der Waals surface area contributed by atoms with E-state index in [0.717, 1.165) is 51.0 Å². The fourth-order valence-electron chi connectivity index (χ4n) is 5.78. The molecule has 0 aromatic heterocycles. The molecule has 0 fully saturated rings. The average Bonchev–Trinajstić information content (AvgIpc) is 2.76. The van der Waals surface area contributed by atoms with Crippen LogP contribution in [-0.2, 0) is 16.2 Å². The Morgan fingerprint density at radius 3 is 1.97 bits per heavy atom. The van der Waals surface area contributed by atoms with Gasteiger partial charge in [-0.3, -0.25) is 9.59 Å². The number of ketones is 2. The minimum atomic E-state index is -0.383. The highest BCUT2D eigenvalue weighted by molar-refractivity contribution is 9.10. The normalized spacial score (nSPS) is 21.2. The van der Waals surface area contributed by atoms with E-state index in [0.29, 0.717) is 25.2 Å². The van der Waals surface area contributed by atoms with Crippen molar-refractivity contribution in [2.45, 2.75) is 65.9 Å². The Morgan fingerprint density at radius 2 is 1.44 bits per heavy atom. The van der Waals surface area contributed by atoms with E-state index in [9.17, 15) is 14.0 Å². The summed E-state index contributed by atoms with van der Waals surface area (Å²) in [6, 6.07) is 12.0. The van der Waals surface area contributed by atoms with Gasteiger partial charge in [-0.1, -0.05) is 45.9 Å². The van der Waals surface area contributed by atoms with Crippen LogP contribution in [0.1, 0.15) is 70.4 Å². The van der Waals surface area contributed by atoms with Crippen molar-refractivity contribution >= 4 is 27.5 Å². The third kappa shape index (κ3) is 4.80. The third-order valence-electron chi connectivity index (χ3n) is 7.32. The van der Waals surface area contributed by atoms with Crippen molar-refractivity contribution in [3.63, 3.8) is 0 Å². The SMILES string of the molecule is CC1(C)CC(=O)C2=C(C1)NC1=C(C(=O)CC(C)(C)C1)C2c1ccc(OCc2ccc(F)cc2)c(Br)c1. The van der Waals surface area contributed by atoms with E-state index in [2.05, 4.69) is 48.9 Å². The number of benzene rings is 2. The molecule has 6 heteroatoms. The van der Waals surface area contributed by atoms with E-state index in [1.165, 1.54) is 12.1 Å². The molecule has 2 aliphatic carbocycles. The standard InChI is InChI=1S/C30H31BrFNO3/c1-29(2)12-21-27(23(34)14-29)26(28-22(33-21)13-30(3,4)15-24(28)35)18-7-10-25(20(31)11-18)36-16-17-5-8-19(32)9-6-17/h5-11,26,33H,12-16H2,1-4H3. The summed E-state index contributed by atoms with van der Waals surface area (Å²) < 4.78 is 19.9. The summed E-state index contributed by atoms with van der Waals surface area (Å²) in [6.45, 7) is 8.78. The van der Waals surface area contributed by atoms with Gasteiger partial charge >= 0.3 is 0 Å². The molecule has 0 saturated carbocycles. The topological polar surface area (TPSA) is 55.4 Å². The van der Waals surface area contributed by atoms with E-state index in [1.54, 1.807) is 12.1 Å². The Kier molecular flexibility index (Phi) is 6.22. The number of Topliss-reactive ketones (excluding diaryl/α,β-unsaturated/α-hetero) is 2. The van der Waals surface area contributed by atoms with Crippen molar-refractivity contribution in [1.29, 1.82) is 0 Å². The van der Waals surface area contributed by atoms with Crippen LogP contribution >= 0.6 is 15.9 Å². The van der Waals surface area contributed by atoms with Crippen molar-refractivity contribution in [1.82, 2.24) is 5.32 Å². The van der Waals surface area contributed by atoms with Crippen LogP contribution in [0.15, 0.2) is 69.5 Å².